The summed E-state index contributed by atoms with van der Waals surface area (Å²) in [7, 11) is 0. The van der Waals surface area contributed by atoms with Gasteiger partial charge in [0.1, 0.15) is 5.76 Å². The predicted octanol–water partition coefficient (Wildman–Crippen LogP) is 2.86. The maximum Gasteiger partial charge on any atom is 0.416 e. The number of hydrogen-bond acceptors (Lipinski definition) is 3. The molecule has 96 valence electrons. The zero-order valence-corrected chi connectivity index (χ0v) is 9.37. The van der Waals surface area contributed by atoms with Crippen molar-refractivity contribution in [1.82, 2.24) is 4.98 Å². The summed E-state index contributed by atoms with van der Waals surface area (Å²) in [5, 5.41) is 0. The van der Waals surface area contributed by atoms with Gasteiger partial charge in [-0.15, -0.1) is 0 Å². The van der Waals surface area contributed by atoms with Crippen molar-refractivity contribution in [2.75, 3.05) is 6.54 Å². The third-order valence-corrected chi connectivity index (χ3v) is 2.38. The van der Waals surface area contributed by atoms with Gasteiger partial charge in [0.05, 0.1) is 11.8 Å². The molecule has 1 aromatic carbocycles. The summed E-state index contributed by atoms with van der Waals surface area (Å²) in [5.41, 5.74) is 4.93. The van der Waals surface area contributed by atoms with Crippen LogP contribution >= 0.6 is 0 Å². The maximum atomic E-state index is 12.5. The van der Waals surface area contributed by atoms with Crippen molar-refractivity contribution in [2.24, 2.45) is 5.73 Å². The van der Waals surface area contributed by atoms with E-state index in [9.17, 15) is 13.2 Å². The van der Waals surface area contributed by atoms with Gasteiger partial charge in [-0.2, -0.15) is 13.2 Å². The number of nitrogens with two attached hydrogens (primary N) is 1. The van der Waals surface area contributed by atoms with Crippen LogP contribution in [-0.2, 0) is 12.6 Å². The van der Waals surface area contributed by atoms with Crippen LogP contribution in [0.2, 0.25) is 0 Å². The molecule has 0 aliphatic rings. The molecular weight excluding hydrogens is 245 g/mol. The van der Waals surface area contributed by atoms with Gasteiger partial charge in [0.2, 0.25) is 5.89 Å². The lowest BCUT2D eigenvalue weighted by atomic mass is 10.1. The van der Waals surface area contributed by atoms with Crippen molar-refractivity contribution in [1.29, 1.82) is 0 Å². The van der Waals surface area contributed by atoms with E-state index in [0.717, 1.165) is 12.1 Å². The van der Waals surface area contributed by atoms with E-state index in [0.29, 0.717) is 24.3 Å². The van der Waals surface area contributed by atoms with Crippen LogP contribution in [0.1, 0.15) is 11.3 Å². The van der Waals surface area contributed by atoms with Crippen LogP contribution in [0.25, 0.3) is 11.5 Å². The van der Waals surface area contributed by atoms with Crippen LogP contribution in [0.4, 0.5) is 13.2 Å². The van der Waals surface area contributed by atoms with Crippen LogP contribution in [0, 0.1) is 0 Å². The molecule has 18 heavy (non-hydrogen) atoms. The molecular formula is C12H11F3N2O. The Morgan fingerprint density at radius 2 is 2.06 bits per heavy atom. The average molecular weight is 256 g/mol. The van der Waals surface area contributed by atoms with E-state index in [-0.39, 0.29) is 5.89 Å². The first kappa shape index (κ1) is 12.6. The van der Waals surface area contributed by atoms with Crippen molar-refractivity contribution >= 4 is 0 Å². The van der Waals surface area contributed by atoms with Gasteiger partial charge in [-0.1, -0.05) is 6.07 Å². The Balaban J connectivity index is 2.32. The molecule has 1 heterocycles. The molecule has 1 aromatic heterocycles. The highest BCUT2D eigenvalue weighted by atomic mass is 19.4. The summed E-state index contributed by atoms with van der Waals surface area (Å²) in [6.45, 7) is 0.400. The largest absolute Gasteiger partial charge is 0.441 e. The maximum absolute atomic E-state index is 12.5. The first-order valence-corrected chi connectivity index (χ1v) is 5.33. The Morgan fingerprint density at radius 1 is 1.28 bits per heavy atom. The standard InChI is InChI=1S/C12H11F3N2O/c13-12(14,15)9-3-1-2-8(6-9)11-17-7-10(18-11)4-5-16/h1-3,6-7H,4-5,16H2. The molecule has 0 fully saturated rings. The van der Waals surface area contributed by atoms with E-state index in [1.54, 1.807) is 0 Å². The number of halogens is 3. The van der Waals surface area contributed by atoms with E-state index in [1.165, 1.54) is 18.3 Å². The highest BCUT2D eigenvalue weighted by Gasteiger charge is 2.30. The van der Waals surface area contributed by atoms with Gasteiger partial charge >= 0.3 is 6.18 Å². The third-order valence-electron chi connectivity index (χ3n) is 2.38. The van der Waals surface area contributed by atoms with Crippen LogP contribution in [0.5, 0.6) is 0 Å². The van der Waals surface area contributed by atoms with Gasteiger partial charge in [0.25, 0.3) is 0 Å². The fourth-order valence-electron chi connectivity index (χ4n) is 1.53. The number of alkyl halides is 3. The number of oxazole rings is 1. The van der Waals surface area contributed by atoms with Crippen molar-refractivity contribution in [2.45, 2.75) is 12.6 Å². The molecule has 0 saturated heterocycles. The molecule has 6 heteroatoms. The van der Waals surface area contributed by atoms with E-state index in [1.807, 2.05) is 0 Å². The number of aromatic nitrogens is 1. The van der Waals surface area contributed by atoms with Gasteiger partial charge in [-0.25, -0.2) is 4.98 Å². The lowest BCUT2D eigenvalue weighted by Gasteiger charge is -2.06. The number of hydrogen-bond donors (Lipinski definition) is 1. The third kappa shape index (κ3) is 2.70. The zero-order chi connectivity index (χ0) is 13.2. The van der Waals surface area contributed by atoms with Crippen LogP contribution in [-0.4, -0.2) is 11.5 Å². The second-order valence-electron chi connectivity index (χ2n) is 3.75. The summed E-state index contributed by atoms with van der Waals surface area (Å²) in [5.74, 6) is 0.731. The first-order chi connectivity index (χ1) is 8.50. The van der Waals surface area contributed by atoms with Crippen molar-refractivity contribution in [3.05, 3.63) is 41.8 Å². The van der Waals surface area contributed by atoms with Gasteiger partial charge in [-0.3, -0.25) is 0 Å². The van der Waals surface area contributed by atoms with Gasteiger partial charge in [-0.05, 0) is 24.7 Å². The number of nitrogens with zero attached hydrogens (tertiary/aromatic N) is 1. The van der Waals surface area contributed by atoms with Crippen LogP contribution in [0.15, 0.2) is 34.9 Å². The minimum Gasteiger partial charge on any atom is -0.441 e. The predicted molar refractivity (Wildman–Crippen MR) is 59.7 cm³/mol. The molecule has 2 rings (SSSR count). The fourth-order valence-corrected chi connectivity index (χ4v) is 1.53. The SMILES string of the molecule is NCCc1cnc(-c2cccc(C(F)(F)F)c2)o1. The molecule has 0 saturated carbocycles. The van der Waals surface area contributed by atoms with Crippen molar-refractivity contribution in [3.63, 3.8) is 0 Å². The Morgan fingerprint density at radius 3 is 2.72 bits per heavy atom. The van der Waals surface area contributed by atoms with E-state index < -0.39 is 11.7 Å². The summed E-state index contributed by atoms with van der Waals surface area (Å²) in [6.07, 6.45) is -2.39. The quantitative estimate of drug-likeness (QED) is 0.918. The van der Waals surface area contributed by atoms with E-state index in [4.69, 9.17) is 10.2 Å². The van der Waals surface area contributed by atoms with E-state index >= 15 is 0 Å². The Labute approximate surface area is 101 Å². The Bertz CT molecular complexity index is 534. The molecule has 2 N–H and O–H groups in total. The molecule has 2 aromatic rings. The summed E-state index contributed by atoms with van der Waals surface area (Å²) in [6, 6.07) is 4.86. The lowest BCUT2D eigenvalue weighted by molar-refractivity contribution is -0.137. The zero-order valence-electron chi connectivity index (χ0n) is 9.37. The molecule has 0 unspecified atom stereocenters. The Kier molecular flexibility index (Phi) is 3.38. The van der Waals surface area contributed by atoms with Gasteiger partial charge < -0.3 is 10.2 Å². The van der Waals surface area contributed by atoms with Crippen molar-refractivity contribution < 1.29 is 17.6 Å². The molecule has 0 aliphatic carbocycles. The highest BCUT2D eigenvalue weighted by Crippen LogP contribution is 2.31. The van der Waals surface area contributed by atoms with Gasteiger partial charge in [0, 0.05) is 12.0 Å². The molecule has 0 spiro atoms. The topological polar surface area (TPSA) is 52.0 Å². The number of rotatable bonds is 3. The van der Waals surface area contributed by atoms with Crippen molar-refractivity contribution in [3.8, 4) is 11.5 Å². The highest BCUT2D eigenvalue weighted by molar-refractivity contribution is 5.54. The second kappa shape index (κ2) is 4.81. The minimum absolute atomic E-state index is 0.171. The normalized spacial score (nSPS) is 11.8. The monoisotopic (exact) mass is 256 g/mol. The number of benzene rings is 1. The summed E-state index contributed by atoms with van der Waals surface area (Å²) < 4.78 is 42.9. The molecule has 0 bridgehead atoms. The summed E-state index contributed by atoms with van der Waals surface area (Å²) >= 11 is 0. The van der Waals surface area contributed by atoms with Crippen LogP contribution < -0.4 is 5.73 Å². The lowest BCUT2D eigenvalue weighted by Crippen LogP contribution is -2.04. The molecule has 0 aliphatic heterocycles. The Hall–Kier alpha value is -1.82. The molecule has 3 nitrogen and oxygen atoms in total. The summed E-state index contributed by atoms with van der Waals surface area (Å²) in [4.78, 5) is 3.94. The molecule has 0 atom stereocenters. The average Bonchev–Trinajstić information content (AvgIpc) is 2.77. The smallest absolute Gasteiger partial charge is 0.416 e. The fraction of sp³-hybridized carbons (Fsp3) is 0.250. The first-order valence-electron chi connectivity index (χ1n) is 5.33. The van der Waals surface area contributed by atoms with E-state index in [2.05, 4.69) is 4.98 Å². The van der Waals surface area contributed by atoms with Gasteiger partial charge in [0.15, 0.2) is 0 Å². The minimum atomic E-state index is -4.37. The molecule has 0 amide bonds. The second-order valence-corrected chi connectivity index (χ2v) is 3.75. The molecule has 0 radical (unpaired) electrons. The van der Waals surface area contributed by atoms with Crippen LogP contribution in [0.3, 0.4) is 0 Å².